The molecule has 1 aromatic heterocycles. The van der Waals surface area contributed by atoms with E-state index in [0.717, 1.165) is 11.1 Å². The first-order valence-corrected chi connectivity index (χ1v) is 5.71. The van der Waals surface area contributed by atoms with Crippen molar-refractivity contribution >= 4 is 5.82 Å². The van der Waals surface area contributed by atoms with Crippen LogP contribution in [-0.4, -0.2) is 4.98 Å². The molecule has 0 spiro atoms. The minimum absolute atomic E-state index is 0.273. The van der Waals surface area contributed by atoms with Crippen LogP contribution in [0.25, 0.3) is 0 Å². The number of aryl methyl sites for hydroxylation is 1. The van der Waals surface area contributed by atoms with Crippen LogP contribution in [0.3, 0.4) is 0 Å². The van der Waals surface area contributed by atoms with Gasteiger partial charge < -0.3 is 10.5 Å². The highest BCUT2D eigenvalue weighted by atomic mass is 19.1. The fourth-order valence-corrected chi connectivity index (χ4v) is 1.81. The molecule has 0 aliphatic heterocycles. The second-order valence-corrected chi connectivity index (χ2v) is 4.15. The quantitative estimate of drug-likeness (QED) is 0.904. The van der Waals surface area contributed by atoms with Gasteiger partial charge in [-0.2, -0.15) is 0 Å². The standard InChI is InChI=1S/C14H15FN2O/c1-9-5-6-11(15)8-12(9)10(2)18-13-4-3-7-17-14(13)16/h3-8,10H,1-2H3,(H2,16,17). The van der Waals surface area contributed by atoms with Gasteiger partial charge >= 0.3 is 0 Å². The molecule has 1 heterocycles. The van der Waals surface area contributed by atoms with Crippen molar-refractivity contribution in [3.8, 4) is 5.75 Å². The summed E-state index contributed by atoms with van der Waals surface area (Å²) in [7, 11) is 0. The maximum absolute atomic E-state index is 13.2. The van der Waals surface area contributed by atoms with Crippen LogP contribution in [0.4, 0.5) is 10.2 Å². The van der Waals surface area contributed by atoms with Crippen LogP contribution in [0.15, 0.2) is 36.5 Å². The normalized spacial score (nSPS) is 12.2. The second-order valence-electron chi connectivity index (χ2n) is 4.15. The van der Waals surface area contributed by atoms with Gasteiger partial charge in [0.1, 0.15) is 11.9 Å². The van der Waals surface area contributed by atoms with Crippen molar-refractivity contribution in [2.24, 2.45) is 0 Å². The molecule has 0 saturated heterocycles. The maximum Gasteiger partial charge on any atom is 0.166 e. The number of benzene rings is 1. The van der Waals surface area contributed by atoms with Crippen molar-refractivity contribution in [2.75, 3.05) is 5.73 Å². The molecule has 0 aliphatic rings. The number of nitrogens with zero attached hydrogens (tertiary/aromatic N) is 1. The van der Waals surface area contributed by atoms with Crippen molar-refractivity contribution in [1.29, 1.82) is 0 Å². The second kappa shape index (κ2) is 5.04. The Hall–Kier alpha value is -2.10. The van der Waals surface area contributed by atoms with E-state index in [1.165, 1.54) is 12.1 Å². The molecule has 18 heavy (non-hydrogen) atoms. The lowest BCUT2D eigenvalue weighted by molar-refractivity contribution is 0.226. The number of nitrogens with two attached hydrogens (primary N) is 1. The third kappa shape index (κ3) is 2.59. The smallest absolute Gasteiger partial charge is 0.166 e. The zero-order valence-corrected chi connectivity index (χ0v) is 10.4. The number of nitrogen functional groups attached to an aromatic ring is 1. The van der Waals surface area contributed by atoms with Crippen LogP contribution in [0, 0.1) is 12.7 Å². The lowest BCUT2D eigenvalue weighted by Gasteiger charge is -2.17. The van der Waals surface area contributed by atoms with E-state index in [0.29, 0.717) is 11.6 Å². The Labute approximate surface area is 105 Å². The van der Waals surface area contributed by atoms with Gasteiger partial charge in [-0.05, 0) is 49.2 Å². The molecular formula is C14H15FN2O. The van der Waals surface area contributed by atoms with Gasteiger partial charge in [-0.25, -0.2) is 9.37 Å². The third-order valence-corrected chi connectivity index (χ3v) is 2.78. The van der Waals surface area contributed by atoms with Gasteiger partial charge in [0.15, 0.2) is 11.6 Å². The van der Waals surface area contributed by atoms with Crippen molar-refractivity contribution in [1.82, 2.24) is 4.98 Å². The summed E-state index contributed by atoms with van der Waals surface area (Å²) >= 11 is 0. The molecule has 4 heteroatoms. The summed E-state index contributed by atoms with van der Waals surface area (Å²) in [6.07, 6.45) is 1.31. The van der Waals surface area contributed by atoms with E-state index in [1.807, 2.05) is 13.8 Å². The molecule has 0 fully saturated rings. The number of anilines is 1. The zero-order chi connectivity index (χ0) is 13.1. The first-order chi connectivity index (χ1) is 8.58. The first-order valence-electron chi connectivity index (χ1n) is 5.71. The Balaban J connectivity index is 2.25. The number of pyridine rings is 1. The maximum atomic E-state index is 13.2. The van der Waals surface area contributed by atoms with Gasteiger partial charge in [-0.15, -0.1) is 0 Å². The average molecular weight is 246 g/mol. The summed E-state index contributed by atoms with van der Waals surface area (Å²) in [5.41, 5.74) is 7.49. The largest absolute Gasteiger partial charge is 0.482 e. The highest BCUT2D eigenvalue weighted by molar-refractivity contribution is 5.45. The molecule has 0 amide bonds. The molecule has 94 valence electrons. The highest BCUT2D eigenvalue weighted by Crippen LogP contribution is 2.27. The van der Waals surface area contributed by atoms with Crippen LogP contribution in [0.1, 0.15) is 24.2 Å². The Morgan fingerprint density at radius 2 is 2.11 bits per heavy atom. The molecule has 2 N–H and O–H groups in total. The molecule has 2 rings (SSSR count). The first kappa shape index (κ1) is 12.4. The average Bonchev–Trinajstić information content (AvgIpc) is 2.35. The van der Waals surface area contributed by atoms with Gasteiger partial charge in [0.25, 0.3) is 0 Å². The number of hydrogen-bond acceptors (Lipinski definition) is 3. The van der Waals surface area contributed by atoms with E-state index in [2.05, 4.69) is 4.98 Å². The predicted molar refractivity (Wildman–Crippen MR) is 68.8 cm³/mol. The third-order valence-electron chi connectivity index (χ3n) is 2.78. The molecule has 1 unspecified atom stereocenters. The molecule has 1 aromatic carbocycles. The van der Waals surface area contributed by atoms with E-state index < -0.39 is 0 Å². The minimum atomic E-state index is -0.285. The fourth-order valence-electron chi connectivity index (χ4n) is 1.81. The van der Waals surface area contributed by atoms with E-state index in [-0.39, 0.29) is 11.9 Å². The number of ether oxygens (including phenoxy) is 1. The van der Waals surface area contributed by atoms with Gasteiger partial charge in [-0.1, -0.05) is 6.07 Å². The van der Waals surface area contributed by atoms with Gasteiger partial charge in [0.05, 0.1) is 0 Å². The van der Waals surface area contributed by atoms with Crippen molar-refractivity contribution in [2.45, 2.75) is 20.0 Å². The van der Waals surface area contributed by atoms with Gasteiger partial charge in [0, 0.05) is 6.20 Å². The highest BCUT2D eigenvalue weighted by Gasteiger charge is 2.12. The molecule has 0 radical (unpaired) electrons. The van der Waals surface area contributed by atoms with Gasteiger partial charge in [-0.3, -0.25) is 0 Å². The molecule has 0 aliphatic carbocycles. The summed E-state index contributed by atoms with van der Waals surface area (Å²) in [5.74, 6) is 0.567. The van der Waals surface area contributed by atoms with Crippen LogP contribution >= 0.6 is 0 Å². The molecule has 0 saturated carbocycles. The summed E-state index contributed by atoms with van der Waals surface area (Å²) in [6, 6.07) is 8.14. The Kier molecular flexibility index (Phi) is 3.46. The van der Waals surface area contributed by atoms with Crippen molar-refractivity contribution < 1.29 is 9.13 Å². The van der Waals surface area contributed by atoms with Crippen LogP contribution in [0.5, 0.6) is 5.75 Å². The van der Waals surface area contributed by atoms with E-state index in [9.17, 15) is 4.39 Å². The van der Waals surface area contributed by atoms with E-state index in [1.54, 1.807) is 24.4 Å². The van der Waals surface area contributed by atoms with E-state index in [4.69, 9.17) is 10.5 Å². The Morgan fingerprint density at radius 1 is 1.33 bits per heavy atom. The number of aromatic nitrogens is 1. The van der Waals surface area contributed by atoms with Gasteiger partial charge in [0.2, 0.25) is 0 Å². The number of hydrogen-bond donors (Lipinski definition) is 1. The summed E-state index contributed by atoms with van der Waals surface area (Å²) in [5, 5.41) is 0. The summed E-state index contributed by atoms with van der Waals surface area (Å²) in [4.78, 5) is 3.94. The Bertz CT molecular complexity index is 557. The summed E-state index contributed by atoms with van der Waals surface area (Å²) < 4.78 is 18.9. The lowest BCUT2D eigenvalue weighted by Crippen LogP contribution is -2.07. The Morgan fingerprint density at radius 3 is 2.83 bits per heavy atom. The lowest BCUT2D eigenvalue weighted by atomic mass is 10.0. The van der Waals surface area contributed by atoms with Crippen molar-refractivity contribution in [3.05, 3.63) is 53.5 Å². The zero-order valence-electron chi connectivity index (χ0n) is 10.4. The van der Waals surface area contributed by atoms with Crippen LogP contribution in [0.2, 0.25) is 0 Å². The topological polar surface area (TPSA) is 48.1 Å². The van der Waals surface area contributed by atoms with E-state index >= 15 is 0 Å². The molecule has 0 bridgehead atoms. The SMILES string of the molecule is Cc1ccc(F)cc1C(C)Oc1cccnc1N. The van der Waals surface area contributed by atoms with Crippen LogP contribution in [-0.2, 0) is 0 Å². The number of halogens is 1. The number of rotatable bonds is 3. The fraction of sp³-hybridized carbons (Fsp3) is 0.214. The monoisotopic (exact) mass is 246 g/mol. The van der Waals surface area contributed by atoms with Crippen molar-refractivity contribution in [3.63, 3.8) is 0 Å². The minimum Gasteiger partial charge on any atom is -0.482 e. The molecular weight excluding hydrogens is 231 g/mol. The molecule has 3 nitrogen and oxygen atoms in total. The van der Waals surface area contributed by atoms with Crippen LogP contribution < -0.4 is 10.5 Å². The molecule has 2 aromatic rings. The molecule has 1 atom stereocenters. The summed E-state index contributed by atoms with van der Waals surface area (Å²) in [6.45, 7) is 3.77. The predicted octanol–water partition coefficient (Wildman–Crippen LogP) is 3.25.